The van der Waals surface area contributed by atoms with Crippen molar-refractivity contribution in [1.29, 1.82) is 0 Å². The summed E-state index contributed by atoms with van der Waals surface area (Å²) >= 11 is 0. The van der Waals surface area contributed by atoms with Crippen LogP contribution in [0.4, 0.5) is 17.3 Å². The number of hydrogen-bond acceptors (Lipinski definition) is 2. The topological polar surface area (TPSA) is 18.5 Å². The van der Waals surface area contributed by atoms with Crippen LogP contribution in [0.3, 0.4) is 0 Å². The van der Waals surface area contributed by atoms with Gasteiger partial charge in [0.1, 0.15) is 11.5 Å². The van der Waals surface area contributed by atoms with Crippen LogP contribution < -0.4 is 14.8 Å². The van der Waals surface area contributed by atoms with Gasteiger partial charge in [0.25, 0.3) is 0 Å². The highest BCUT2D eigenvalue weighted by atomic mass is 31.1. The van der Waals surface area contributed by atoms with E-state index in [1.54, 1.807) is 5.30 Å². The summed E-state index contributed by atoms with van der Waals surface area (Å²) in [7, 11) is -6.56. The van der Waals surface area contributed by atoms with Gasteiger partial charge < -0.3 is 26.7 Å². The summed E-state index contributed by atoms with van der Waals surface area (Å²) in [5.74, 6) is 2.02. The van der Waals surface area contributed by atoms with Crippen LogP contribution in [0.1, 0.15) is 78.1 Å². The lowest BCUT2D eigenvalue weighted by atomic mass is 9.99. The summed E-state index contributed by atoms with van der Waals surface area (Å²) in [5, 5.41) is 1.58. The van der Waals surface area contributed by atoms with E-state index in [1.807, 2.05) is 0 Å². The maximum absolute atomic E-state index is 9.75. The summed E-state index contributed by atoms with van der Waals surface area (Å²) in [4.78, 5) is 0. The van der Waals surface area contributed by atoms with Crippen LogP contribution in [0.5, 0.6) is 11.5 Å². The van der Waals surface area contributed by atoms with E-state index in [0.29, 0.717) is 0 Å². The molecule has 0 aromatic heterocycles. The van der Waals surface area contributed by atoms with E-state index in [9.17, 15) is 17.3 Å². The maximum atomic E-state index is 9.75. The van der Waals surface area contributed by atoms with Crippen molar-refractivity contribution >= 4 is 20.5 Å². The smallest absolute Gasteiger partial charge is 0.494 e. The zero-order valence-electron chi connectivity index (χ0n) is 18.3. The lowest BCUT2D eigenvalue weighted by molar-refractivity contribution is 0.323. The van der Waals surface area contributed by atoms with Crippen molar-refractivity contribution in [3.63, 3.8) is 0 Å². The van der Waals surface area contributed by atoms with Crippen LogP contribution in [0.25, 0.3) is 0 Å². The quantitative estimate of drug-likeness (QED) is 0.247. The third kappa shape index (κ3) is 9.04. The van der Waals surface area contributed by atoms with Crippen LogP contribution in [-0.2, 0) is 0 Å². The van der Waals surface area contributed by atoms with E-state index < -0.39 is 15.2 Å². The second kappa shape index (κ2) is 12.8. The van der Waals surface area contributed by atoms with Crippen molar-refractivity contribution in [1.82, 2.24) is 0 Å². The van der Waals surface area contributed by atoms with Crippen molar-refractivity contribution < 1.29 is 26.7 Å². The number of ether oxygens (including phenoxy) is 2. The molecule has 0 unspecified atom stereocenters. The van der Waals surface area contributed by atoms with Crippen LogP contribution in [-0.4, -0.2) is 31.8 Å². The Morgan fingerprint density at radius 3 is 1.43 bits per heavy atom. The molecule has 172 valence electrons. The van der Waals surface area contributed by atoms with Gasteiger partial charge in [-0.25, -0.2) is 0 Å². The lowest BCUT2D eigenvalue weighted by Crippen LogP contribution is -2.26. The fourth-order valence-electron chi connectivity index (χ4n) is 4.87. The lowest BCUT2D eigenvalue weighted by Gasteiger charge is -2.32. The van der Waals surface area contributed by atoms with Gasteiger partial charge in [-0.2, -0.15) is 0 Å². The zero-order valence-corrected chi connectivity index (χ0v) is 19.3. The van der Waals surface area contributed by atoms with E-state index in [2.05, 4.69) is 32.0 Å². The molecule has 3 rings (SSSR count). The molecule has 0 spiro atoms. The standard InChI is InChI=1S/C22H35O2P.BF4/c1-3-23-18-15-19(24-4-2)17-22(16-18)25(20-11-7-5-8-12-20)21-13-9-6-10-14-21;2-1(3,4)5/h15-17,20-21H,3-14H2,1-2H3;/q;-1/p+1. The molecule has 2 nitrogen and oxygen atoms in total. The van der Waals surface area contributed by atoms with Gasteiger partial charge in [0.15, 0.2) is 0 Å². The number of halogens is 4. The molecular formula is C22H36BF4O2P. The van der Waals surface area contributed by atoms with Crippen molar-refractivity contribution in [2.45, 2.75) is 89.4 Å². The van der Waals surface area contributed by atoms with Gasteiger partial charge in [0.2, 0.25) is 0 Å². The average molecular weight is 450 g/mol. The van der Waals surface area contributed by atoms with E-state index in [4.69, 9.17) is 9.47 Å². The molecular weight excluding hydrogens is 414 g/mol. The van der Waals surface area contributed by atoms with E-state index in [-0.39, 0.29) is 0 Å². The van der Waals surface area contributed by atoms with Crippen molar-refractivity contribution in [3.05, 3.63) is 18.2 Å². The monoisotopic (exact) mass is 450 g/mol. The predicted octanol–water partition coefficient (Wildman–Crippen LogP) is 7.29. The molecule has 0 radical (unpaired) electrons. The van der Waals surface area contributed by atoms with Crippen LogP contribution in [0, 0.1) is 0 Å². The molecule has 2 fully saturated rings. The largest absolute Gasteiger partial charge is 0.673 e. The first kappa shape index (κ1) is 25.3. The van der Waals surface area contributed by atoms with Gasteiger partial charge in [-0.15, -0.1) is 0 Å². The highest BCUT2D eigenvalue weighted by Crippen LogP contribution is 2.55. The van der Waals surface area contributed by atoms with Crippen LogP contribution >= 0.6 is 7.92 Å². The van der Waals surface area contributed by atoms with Gasteiger partial charge in [-0.1, -0.05) is 12.8 Å². The Bertz CT molecular complexity index is 569. The fourth-order valence-corrected chi connectivity index (χ4v) is 9.16. The first-order chi connectivity index (χ1) is 14.3. The zero-order chi connectivity index (χ0) is 22.0. The first-order valence-electron chi connectivity index (χ1n) is 11.5. The summed E-state index contributed by atoms with van der Waals surface area (Å²) in [6, 6.07) is 6.81. The van der Waals surface area contributed by atoms with Gasteiger partial charge in [0, 0.05) is 26.1 Å². The summed E-state index contributed by atoms with van der Waals surface area (Å²) in [5.41, 5.74) is 1.90. The van der Waals surface area contributed by atoms with Gasteiger partial charge >= 0.3 is 7.25 Å². The number of hydrogen-bond donors (Lipinski definition) is 0. The van der Waals surface area contributed by atoms with Gasteiger partial charge in [-0.3, -0.25) is 0 Å². The maximum Gasteiger partial charge on any atom is 0.673 e. The Morgan fingerprint density at radius 2 is 1.10 bits per heavy atom. The highest BCUT2D eigenvalue weighted by Gasteiger charge is 2.39. The van der Waals surface area contributed by atoms with Crippen LogP contribution in [0.2, 0.25) is 0 Å². The van der Waals surface area contributed by atoms with Crippen molar-refractivity contribution in [2.24, 2.45) is 0 Å². The minimum absolute atomic E-state index is 0.563. The number of rotatable bonds is 7. The van der Waals surface area contributed by atoms with Gasteiger partial charge in [-0.05, 0) is 65.2 Å². The number of benzene rings is 1. The van der Waals surface area contributed by atoms with Gasteiger partial charge in [0.05, 0.1) is 29.8 Å². The highest BCUT2D eigenvalue weighted by molar-refractivity contribution is 7.67. The minimum atomic E-state index is -6.00. The SMILES string of the molecule is CCOc1cc(OCC)cc([PH+](C2CCCCC2)C2CCCCC2)c1.F[B-](F)(F)F. The van der Waals surface area contributed by atoms with E-state index in [1.165, 1.54) is 64.2 Å². The Labute approximate surface area is 180 Å². The predicted molar refractivity (Wildman–Crippen MR) is 121 cm³/mol. The van der Waals surface area contributed by atoms with Crippen molar-refractivity contribution in [2.75, 3.05) is 13.2 Å². The molecule has 2 aliphatic carbocycles. The molecule has 2 saturated carbocycles. The molecule has 30 heavy (non-hydrogen) atoms. The summed E-state index contributed by atoms with van der Waals surface area (Å²) in [6.07, 6.45) is 14.5. The third-order valence-corrected chi connectivity index (χ3v) is 9.79. The first-order valence-corrected chi connectivity index (χ1v) is 13.1. The van der Waals surface area contributed by atoms with Crippen molar-refractivity contribution in [3.8, 4) is 11.5 Å². The molecule has 8 heteroatoms. The molecule has 2 aliphatic rings. The summed E-state index contributed by atoms with van der Waals surface area (Å²) in [6.45, 7) is 5.59. The van der Waals surface area contributed by atoms with Crippen LogP contribution in [0.15, 0.2) is 18.2 Å². The van der Waals surface area contributed by atoms with E-state index in [0.717, 1.165) is 36.0 Å². The molecule has 0 amide bonds. The molecule has 0 bridgehead atoms. The molecule has 0 N–H and O–H groups in total. The second-order valence-electron chi connectivity index (χ2n) is 8.18. The Hall–Kier alpha value is -0.965. The Kier molecular flexibility index (Phi) is 10.8. The van der Waals surface area contributed by atoms with E-state index >= 15 is 0 Å². The second-order valence-corrected chi connectivity index (χ2v) is 11.3. The molecule has 0 aliphatic heterocycles. The molecule has 0 heterocycles. The Morgan fingerprint density at radius 1 is 0.733 bits per heavy atom. The molecule has 1 aromatic rings. The molecule has 1 aromatic carbocycles. The molecule has 0 saturated heterocycles. The molecule has 0 atom stereocenters. The third-order valence-electron chi connectivity index (χ3n) is 5.93. The average Bonchev–Trinajstić information content (AvgIpc) is 2.69. The minimum Gasteiger partial charge on any atom is -0.494 e. The summed E-state index contributed by atoms with van der Waals surface area (Å²) < 4.78 is 50.8. The Balaban J connectivity index is 0.000000575. The normalized spacial score (nSPS) is 18.6. The fraction of sp³-hybridized carbons (Fsp3) is 0.727.